The molecule has 0 saturated carbocycles. The zero-order valence-corrected chi connectivity index (χ0v) is 30.5. The van der Waals surface area contributed by atoms with Crippen molar-refractivity contribution in [2.24, 2.45) is 0 Å². The van der Waals surface area contributed by atoms with Gasteiger partial charge in [0.1, 0.15) is 11.2 Å². The molecular formula is C55H34O. The van der Waals surface area contributed by atoms with E-state index in [1.807, 2.05) is 0 Å². The lowest BCUT2D eigenvalue weighted by Gasteiger charge is -2.34. The molecule has 0 amide bonds. The van der Waals surface area contributed by atoms with Gasteiger partial charge in [0.15, 0.2) is 0 Å². The number of hydrogen-bond donors (Lipinski definition) is 0. The third-order valence-corrected chi connectivity index (χ3v) is 12.3. The van der Waals surface area contributed by atoms with Gasteiger partial charge in [-0.15, -0.1) is 0 Å². The third-order valence-electron chi connectivity index (χ3n) is 12.3. The average molecular weight is 711 g/mol. The van der Waals surface area contributed by atoms with Crippen LogP contribution in [0, 0.1) is 0 Å². The van der Waals surface area contributed by atoms with Crippen LogP contribution in [0.4, 0.5) is 0 Å². The average Bonchev–Trinajstić information content (AvgIpc) is 3.80. The molecule has 0 unspecified atom stereocenters. The first-order chi connectivity index (χ1) is 27.8. The first-order valence-corrected chi connectivity index (χ1v) is 19.4. The first kappa shape index (κ1) is 31.2. The standard InChI is InChI=1S/C55H34O/c1-3-18-39(19-4-1)55(40-20-5-2-6-21-40)48-27-12-11-24-46(48)53-49(55)34-38-33-37(30-31-43(38)52(53)45-26-13-17-35-15-7-9-22-41(35)45)42-25-14-28-50-51(42)47-32-29-36-16-8-10-23-44(36)54(47)56-50/h1-34H. The smallest absolute Gasteiger partial charge is 0.143 e. The van der Waals surface area contributed by atoms with Crippen molar-refractivity contribution in [2.45, 2.75) is 5.41 Å². The molecule has 11 aromatic rings. The maximum Gasteiger partial charge on any atom is 0.143 e. The number of fused-ring (bicyclic) bond motifs is 10. The molecule has 0 bridgehead atoms. The van der Waals surface area contributed by atoms with Crippen LogP contribution >= 0.6 is 0 Å². The summed E-state index contributed by atoms with van der Waals surface area (Å²) in [6.07, 6.45) is 0. The Morgan fingerprint density at radius 2 is 0.946 bits per heavy atom. The molecule has 1 aromatic heterocycles. The van der Waals surface area contributed by atoms with Crippen molar-refractivity contribution in [1.82, 2.24) is 0 Å². The van der Waals surface area contributed by atoms with Gasteiger partial charge in [-0.05, 0) is 107 Å². The highest BCUT2D eigenvalue weighted by atomic mass is 16.3. The Kier molecular flexibility index (Phi) is 6.62. The van der Waals surface area contributed by atoms with Crippen molar-refractivity contribution < 1.29 is 4.42 Å². The van der Waals surface area contributed by atoms with Gasteiger partial charge in [0.2, 0.25) is 0 Å². The Morgan fingerprint density at radius 1 is 0.339 bits per heavy atom. The molecule has 1 nitrogen and oxygen atoms in total. The summed E-state index contributed by atoms with van der Waals surface area (Å²) in [5, 5.41) is 9.56. The van der Waals surface area contributed by atoms with Crippen molar-refractivity contribution >= 4 is 54.3 Å². The molecule has 0 radical (unpaired) electrons. The number of furan rings is 1. The molecule has 1 aliphatic carbocycles. The van der Waals surface area contributed by atoms with Crippen molar-refractivity contribution in [3.05, 3.63) is 229 Å². The lowest BCUT2D eigenvalue weighted by Crippen LogP contribution is -2.28. The van der Waals surface area contributed by atoms with Gasteiger partial charge in [-0.3, -0.25) is 0 Å². The molecule has 1 aliphatic rings. The van der Waals surface area contributed by atoms with E-state index in [9.17, 15) is 0 Å². The Labute approximate surface area is 324 Å². The molecule has 260 valence electrons. The molecule has 0 saturated heterocycles. The van der Waals surface area contributed by atoms with E-state index in [0.717, 1.165) is 27.3 Å². The zero-order valence-electron chi connectivity index (χ0n) is 30.5. The lowest BCUT2D eigenvalue weighted by molar-refractivity contribution is 0.673. The van der Waals surface area contributed by atoms with Crippen LogP contribution in [0.2, 0.25) is 0 Å². The molecule has 12 rings (SSSR count). The van der Waals surface area contributed by atoms with E-state index in [1.54, 1.807) is 0 Å². The fourth-order valence-corrected chi connectivity index (χ4v) is 10.0. The Morgan fingerprint density at radius 3 is 1.75 bits per heavy atom. The van der Waals surface area contributed by atoms with Gasteiger partial charge in [0.05, 0.1) is 5.41 Å². The van der Waals surface area contributed by atoms with Crippen LogP contribution in [0.15, 0.2) is 211 Å². The van der Waals surface area contributed by atoms with Crippen LogP contribution in [-0.2, 0) is 5.41 Å². The van der Waals surface area contributed by atoms with E-state index in [1.165, 1.54) is 82.6 Å². The number of benzene rings is 10. The first-order valence-electron chi connectivity index (χ1n) is 19.4. The summed E-state index contributed by atoms with van der Waals surface area (Å²) in [5.41, 5.74) is 13.9. The highest BCUT2D eigenvalue weighted by Crippen LogP contribution is 2.60. The minimum absolute atomic E-state index is 0.528. The van der Waals surface area contributed by atoms with Gasteiger partial charge in [-0.1, -0.05) is 182 Å². The van der Waals surface area contributed by atoms with Crippen LogP contribution < -0.4 is 0 Å². The molecule has 0 spiro atoms. The van der Waals surface area contributed by atoms with E-state index >= 15 is 0 Å². The Bertz CT molecular complexity index is 3310. The van der Waals surface area contributed by atoms with Gasteiger partial charge < -0.3 is 4.42 Å². The molecule has 0 fully saturated rings. The summed E-state index contributed by atoms with van der Waals surface area (Å²) in [5.74, 6) is 0. The van der Waals surface area contributed by atoms with Crippen molar-refractivity contribution in [3.63, 3.8) is 0 Å². The largest absolute Gasteiger partial charge is 0.455 e. The van der Waals surface area contributed by atoms with Gasteiger partial charge >= 0.3 is 0 Å². The molecule has 56 heavy (non-hydrogen) atoms. The summed E-state index contributed by atoms with van der Waals surface area (Å²) >= 11 is 0. The summed E-state index contributed by atoms with van der Waals surface area (Å²) < 4.78 is 6.65. The monoisotopic (exact) mass is 710 g/mol. The summed E-state index contributed by atoms with van der Waals surface area (Å²) in [6.45, 7) is 0. The molecule has 0 aliphatic heterocycles. The molecule has 0 N–H and O–H groups in total. The van der Waals surface area contributed by atoms with Crippen LogP contribution in [0.5, 0.6) is 0 Å². The van der Waals surface area contributed by atoms with Gasteiger partial charge in [-0.25, -0.2) is 0 Å². The van der Waals surface area contributed by atoms with Gasteiger partial charge in [0, 0.05) is 16.2 Å². The second kappa shape index (κ2) is 11.9. The predicted molar refractivity (Wildman–Crippen MR) is 234 cm³/mol. The normalized spacial score (nSPS) is 13.1. The number of hydrogen-bond acceptors (Lipinski definition) is 1. The Balaban J connectivity index is 1.23. The van der Waals surface area contributed by atoms with Crippen molar-refractivity contribution in [2.75, 3.05) is 0 Å². The van der Waals surface area contributed by atoms with Crippen LogP contribution in [0.3, 0.4) is 0 Å². The van der Waals surface area contributed by atoms with Crippen molar-refractivity contribution in [1.29, 1.82) is 0 Å². The van der Waals surface area contributed by atoms with Gasteiger partial charge in [-0.2, -0.15) is 0 Å². The van der Waals surface area contributed by atoms with Crippen LogP contribution in [0.25, 0.3) is 87.6 Å². The highest BCUT2D eigenvalue weighted by Gasteiger charge is 2.47. The molecule has 10 aromatic carbocycles. The molecule has 1 heteroatoms. The maximum atomic E-state index is 6.65. The fourth-order valence-electron chi connectivity index (χ4n) is 10.0. The van der Waals surface area contributed by atoms with Crippen LogP contribution in [-0.4, -0.2) is 0 Å². The predicted octanol–water partition coefficient (Wildman–Crippen LogP) is 14.7. The van der Waals surface area contributed by atoms with Crippen molar-refractivity contribution in [3.8, 4) is 33.4 Å². The minimum atomic E-state index is -0.528. The van der Waals surface area contributed by atoms with E-state index < -0.39 is 5.41 Å². The third kappa shape index (κ3) is 4.26. The molecule has 1 heterocycles. The maximum absolute atomic E-state index is 6.65. The van der Waals surface area contributed by atoms with E-state index in [-0.39, 0.29) is 0 Å². The summed E-state index contributed by atoms with van der Waals surface area (Å²) in [6, 6.07) is 76.0. The second-order valence-corrected chi connectivity index (χ2v) is 15.1. The van der Waals surface area contributed by atoms with E-state index in [0.29, 0.717) is 0 Å². The SMILES string of the molecule is c1ccc(C2(c3ccccc3)c3ccccc3-c3c2cc2cc(-c4cccc5oc6c7ccccc7ccc6c45)ccc2c3-c2cccc3ccccc23)cc1. The lowest BCUT2D eigenvalue weighted by atomic mass is 9.67. The quantitative estimate of drug-likeness (QED) is 0.177. The molecule has 0 atom stereocenters. The van der Waals surface area contributed by atoms with E-state index in [2.05, 4.69) is 206 Å². The minimum Gasteiger partial charge on any atom is -0.455 e. The van der Waals surface area contributed by atoms with E-state index in [4.69, 9.17) is 4.42 Å². The Hall–Kier alpha value is -7.22. The fraction of sp³-hybridized carbons (Fsp3) is 0.0182. The highest BCUT2D eigenvalue weighted by molar-refractivity contribution is 6.20. The zero-order chi connectivity index (χ0) is 36.8. The van der Waals surface area contributed by atoms with Gasteiger partial charge in [0.25, 0.3) is 0 Å². The number of rotatable bonds is 4. The second-order valence-electron chi connectivity index (χ2n) is 15.1. The summed E-state index contributed by atoms with van der Waals surface area (Å²) in [4.78, 5) is 0. The van der Waals surface area contributed by atoms with Crippen LogP contribution in [0.1, 0.15) is 22.3 Å². The molecular weight excluding hydrogens is 677 g/mol. The summed E-state index contributed by atoms with van der Waals surface area (Å²) in [7, 11) is 0. The topological polar surface area (TPSA) is 13.1 Å².